The molecule has 0 spiro atoms. The molecule has 134 valence electrons. The van der Waals surface area contributed by atoms with Crippen molar-refractivity contribution in [3.05, 3.63) is 0 Å². The first-order valence-corrected chi connectivity index (χ1v) is 6.32. The van der Waals surface area contributed by atoms with Crippen molar-refractivity contribution in [2.75, 3.05) is 6.61 Å². The third-order valence-electron chi connectivity index (χ3n) is 3.37. The fraction of sp³-hybridized carbons (Fsp3) is 0.818. The van der Waals surface area contributed by atoms with Crippen LogP contribution in [0.2, 0.25) is 0 Å². The molecule has 1 heterocycles. The summed E-state index contributed by atoms with van der Waals surface area (Å²) in [5, 5.41) is 57.4. The molecule has 12 heteroatoms. The smallest absolute Gasteiger partial charge is 0.364 e. The van der Waals surface area contributed by atoms with E-state index in [1.165, 1.54) is 0 Å². The maximum Gasteiger partial charge on any atom is 0.364 e. The number of carboxylic acids is 1. The van der Waals surface area contributed by atoms with Crippen molar-refractivity contribution in [1.82, 2.24) is 5.32 Å². The van der Waals surface area contributed by atoms with Gasteiger partial charge in [-0.3, -0.25) is 9.53 Å². The second-order valence-electron chi connectivity index (χ2n) is 5.16. The molecule has 10 nitrogen and oxygen atoms in total. The van der Waals surface area contributed by atoms with Crippen molar-refractivity contribution in [2.24, 2.45) is 0 Å². The standard InChI is InChI=1S/C11H17F2NO9/c1-4(16)14-7-5(17)2-9(21,8(19)20)23-11(7,13)10(12,22)6(18)3-15/h5-7,15,17-18,21-22H,2-3H2,1H3,(H,14,16)(H,19,20)/t5-,6+,7+,9-,10+,11+/m0/s1. The summed E-state index contributed by atoms with van der Waals surface area (Å²) in [5.41, 5.74) is 0. The van der Waals surface area contributed by atoms with Gasteiger partial charge < -0.3 is 36.0 Å². The maximum atomic E-state index is 15.0. The van der Waals surface area contributed by atoms with Gasteiger partial charge in [-0.05, 0) is 0 Å². The molecule has 23 heavy (non-hydrogen) atoms. The van der Waals surface area contributed by atoms with E-state index in [1.807, 2.05) is 0 Å². The minimum absolute atomic E-state index is 0.838. The molecule has 0 aromatic rings. The summed E-state index contributed by atoms with van der Waals surface area (Å²) in [6.45, 7) is -0.679. The van der Waals surface area contributed by atoms with Crippen LogP contribution in [0.4, 0.5) is 8.78 Å². The second kappa shape index (κ2) is 6.22. The summed E-state index contributed by atoms with van der Waals surface area (Å²) >= 11 is 0. The fourth-order valence-corrected chi connectivity index (χ4v) is 2.18. The number of hydrogen-bond acceptors (Lipinski definition) is 8. The fourth-order valence-electron chi connectivity index (χ4n) is 2.18. The van der Waals surface area contributed by atoms with E-state index in [4.69, 9.17) is 10.2 Å². The van der Waals surface area contributed by atoms with E-state index in [2.05, 4.69) is 4.74 Å². The minimum atomic E-state index is -4.49. The lowest BCUT2D eigenvalue weighted by Crippen LogP contribution is -2.76. The van der Waals surface area contributed by atoms with Gasteiger partial charge in [-0.1, -0.05) is 0 Å². The van der Waals surface area contributed by atoms with Crippen molar-refractivity contribution in [3.63, 3.8) is 0 Å². The van der Waals surface area contributed by atoms with Gasteiger partial charge in [-0.25, -0.2) is 13.6 Å². The van der Waals surface area contributed by atoms with Crippen molar-refractivity contribution >= 4 is 11.9 Å². The molecule has 7 N–H and O–H groups in total. The number of ether oxygens (including phenoxy) is 1. The number of aliphatic hydroxyl groups excluding tert-OH is 3. The summed E-state index contributed by atoms with van der Waals surface area (Å²) in [4.78, 5) is 22.0. The van der Waals surface area contributed by atoms with Gasteiger partial charge in [0.05, 0.1) is 12.7 Å². The van der Waals surface area contributed by atoms with Crippen LogP contribution >= 0.6 is 0 Å². The van der Waals surface area contributed by atoms with Crippen LogP contribution in [-0.2, 0) is 14.3 Å². The molecule has 0 saturated carbocycles. The van der Waals surface area contributed by atoms with E-state index < -0.39 is 60.7 Å². The number of halogens is 2. The Labute approximate surface area is 127 Å². The molecule has 1 aliphatic rings. The monoisotopic (exact) mass is 345 g/mol. The first-order valence-electron chi connectivity index (χ1n) is 6.32. The van der Waals surface area contributed by atoms with Crippen LogP contribution in [0.5, 0.6) is 0 Å². The van der Waals surface area contributed by atoms with Crippen LogP contribution in [0.3, 0.4) is 0 Å². The molecule has 0 aromatic carbocycles. The van der Waals surface area contributed by atoms with Crippen molar-refractivity contribution < 1.29 is 53.7 Å². The lowest BCUT2D eigenvalue weighted by Gasteiger charge is -2.50. The van der Waals surface area contributed by atoms with Gasteiger partial charge in [-0.15, -0.1) is 0 Å². The third-order valence-corrected chi connectivity index (χ3v) is 3.37. The van der Waals surface area contributed by atoms with E-state index in [-0.39, 0.29) is 0 Å². The number of hydrogen-bond donors (Lipinski definition) is 7. The summed E-state index contributed by atoms with van der Waals surface area (Å²) < 4.78 is 33.4. The van der Waals surface area contributed by atoms with Crippen LogP contribution in [-0.4, -0.2) is 84.9 Å². The number of aliphatic carboxylic acids is 1. The SMILES string of the molecule is CC(=O)N[C@@H]1[C@@H](O)C[C@@](O)(C(=O)O)O[C@@]1(F)[C@@](O)(F)[C@H](O)CO. The number of carbonyl (C=O) groups excluding carboxylic acids is 1. The number of nitrogens with one attached hydrogen (secondary N) is 1. The predicted octanol–water partition coefficient (Wildman–Crippen LogP) is -3.28. The Kier molecular flexibility index (Phi) is 5.30. The van der Waals surface area contributed by atoms with Gasteiger partial charge in [0.25, 0.3) is 17.5 Å². The molecule has 1 amide bonds. The quantitative estimate of drug-likeness (QED) is 0.269. The molecule has 1 aliphatic heterocycles. The number of carbonyl (C=O) groups is 2. The molecule has 0 bridgehead atoms. The topological polar surface area (TPSA) is 177 Å². The normalized spacial score (nSPS) is 38.4. The third kappa shape index (κ3) is 3.27. The molecule has 1 rings (SSSR count). The van der Waals surface area contributed by atoms with Gasteiger partial charge in [0.15, 0.2) is 0 Å². The average molecular weight is 345 g/mol. The summed E-state index contributed by atoms with van der Waals surface area (Å²) in [5.74, 6) is -15.5. The maximum absolute atomic E-state index is 15.0. The summed E-state index contributed by atoms with van der Waals surface area (Å²) in [7, 11) is 0. The Morgan fingerprint density at radius 3 is 2.43 bits per heavy atom. The Hall–Kier alpha value is -1.44. The Morgan fingerprint density at radius 2 is 2.04 bits per heavy atom. The number of rotatable bonds is 5. The molecule has 0 aliphatic carbocycles. The zero-order valence-corrected chi connectivity index (χ0v) is 11.8. The van der Waals surface area contributed by atoms with Crippen LogP contribution in [0.1, 0.15) is 13.3 Å². The van der Waals surface area contributed by atoms with Gasteiger partial charge >= 0.3 is 5.97 Å². The van der Waals surface area contributed by atoms with Crippen LogP contribution in [0, 0.1) is 0 Å². The highest BCUT2D eigenvalue weighted by Gasteiger charge is 2.71. The highest BCUT2D eigenvalue weighted by molar-refractivity contribution is 5.76. The lowest BCUT2D eigenvalue weighted by atomic mass is 9.85. The van der Waals surface area contributed by atoms with Crippen molar-refractivity contribution in [1.29, 1.82) is 0 Å². The number of amides is 1. The largest absolute Gasteiger partial charge is 0.477 e. The van der Waals surface area contributed by atoms with E-state index in [0.717, 1.165) is 6.92 Å². The predicted molar refractivity (Wildman–Crippen MR) is 64.9 cm³/mol. The van der Waals surface area contributed by atoms with Gasteiger partial charge in [-0.2, -0.15) is 0 Å². The number of aliphatic hydroxyl groups is 5. The highest BCUT2D eigenvalue weighted by atomic mass is 19.2. The van der Waals surface area contributed by atoms with Crippen molar-refractivity contribution in [2.45, 2.75) is 49.1 Å². The van der Waals surface area contributed by atoms with Crippen LogP contribution in [0.25, 0.3) is 0 Å². The average Bonchev–Trinajstić information content (AvgIpc) is 2.41. The Morgan fingerprint density at radius 1 is 1.52 bits per heavy atom. The molecule has 1 saturated heterocycles. The second-order valence-corrected chi connectivity index (χ2v) is 5.16. The molecule has 0 aromatic heterocycles. The van der Waals surface area contributed by atoms with Crippen molar-refractivity contribution in [3.8, 4) is 0 Å². The minimum Gasteiger partial charge on any atom is -0.477 e. The van der Waals surface area contributed by atoms with Gasteiger partial charge in [0.1, 0.15) is 12.1 Å². The number of alkyl halides is 2. The summed E-state index contributed by atoms with van der Waals surface area (Å²) in [6, 6.07) is -2.39. The zero-order chi connectivity index (χ0) is 18.2. The van der Waals surface area contributed by atoms with Crippen LogP contribution in [0.15, 0.2) is 0 Å². The first-order chi connectivity index (χ1) is 10.3. The molecule has 1 fully saturated rings. The van der Waals surface area contributed by atoms with E-state index in [1.54, 1.807) is 5.32 Å². The molecule has 6 atom stereocenters. The molecular formula is C11H17F2NO9. The lowest BCUT2D eigenvalue weighted by molar-refractivity contribution is -0.424. The van der Waals surface area contributed by atoms with Gasteiger partial charge in [0.2, 0.25) is 5.91 Å². The Bertz CT molecular complexity index is 490. The first kappa shape index (κ1) is 19.6. The molecule has 0 radical (unpaired) electrons. The number of carboxylic acid groups (broad SMARTS) is 1. The summed E-state index contributed by atoms with van der Waals surface area (Å²) in [6.07, 6.45) is -6.23. The zero-order valence-electron chi connectivity index (χ0n) is 11.8. The highest BCUT2D eigenvalue weighted by Crippen LogP contribution is 2.45. The van der Waals surface area contributed by atoms with Gasteiger partial charge in [0, 0.05) is 13.3 Å². The van der Waals surface area contributed by atoms with E-state index in [0.29, 0.717) is 0 Å². The van der Waals surface area contributed by atoms with Crippen LogP contribution < -0.4 is 5.32 Å². The molecule has 0 unspecified atom stereocenters. The molecular weight excluding hydrogens is 328 g/mol. The Balaban J connectivity index is 3.42. The van der Waals surface area contributed by atoms with E-state index >= 15 is 4.39 Å². The van der Waals surface area contributed by atoms with E-state index in [9.17, 15) is 34.4 Å².